The summed E-state index contributed by atoms with van der Waals surface area (Å²) in [6.45, 7) is 8.82. The minimum absolute atomic E-state index is 0.194. The summed E-state index contributed by atoms with van der Waals surface area (Å²) in [4.78, 5) is 0. The van der Waals surface area contributed by atoms with Crippen LogP contribution in [0, 0.1) is 13.8 Å². The van der Waals surface area contributed by atoms with E-state index in [4.69, 9.17) is 11.6 Å². The van der Waals surface area contributed by atoms with E-state index < -0.39 is 0 Å². The summed E-state index contributed by atoms with van der Waals surface area (Å²) in [5.74, 6) is 0.723. The zero-order valence-corrected chi connectivity index (χ0v) is 10.3. The minimum atomic E-state index is 0.194. The molecule has 0 fully saturated rings. The first-order valence-electron chi connectivity index (χ1n) is 5.11. The quantitative estimate of drug-likeness (QED) is 0.656. The number of hydrogen-bond donors (Lipinski definition) is 0. The first-order chi connectivity index (χ1) is 6.47. The van der Waals surface area contributed by atoms with Crippen LogP contribution >= 0.6 is 11.6 Å². The lowest BCUT2D eigenvalue weighted by atomic mass is 9.79. The van der Waals surface area contributed by atoms with Gasteiger partial charge in [0.1, 0.15) is 0 Å². The fourth-order valence-electron chi connectivity index (χ4n) is 1.94. The van der Waals surface area contributed by atoms with E-state index in [1.807, 2.05) is 0 Å². The summed E-state index contributed by atoms with van der Waals surface area (Å²) in [6.07, 6.45) is 1.03. The van der Waals surface area contributed by atoms with Crippen LogP contribution in [0.3, 0.4) is 0 Å². The van der Waals surface area contributed by atoms with Crippen molar-refractivity contribution in [3.8, 4) is 0 Å². The molecule has 78 valence electrons. The Morgan fingerprint density at radius 2 is 1.86 bits per heavy atom. The van der Waals surface area contributed by atoms with Crippen LogP contribution in [0.5, 0.6) is 0 Å². The van der Waals surface area contributed by atoms with Gasteiger partial charge in [-0.05, 0) is 36.8 Å². The van der Waals surface area contributed by atoms with Gasteiger partial charge < -0.3 is 0 Å². The van der Waals surface area contributed by atoms with Crippen molar-refractivity contribution in [3.63, 3.8) is 0 Å². The first kappa shape index (κ1) is 11.6. The highest BCUT2D eigenvalue weighted by Gasteiger charge is 2.21. The van der Waals surface area contributed by atoms with Gasteiger partial charge in [-0.15, -0.1) is 11.6 Å². The van der Waals surface area contributed by atoms with Crippen LogP contribution in [-0.2, 0) is 5.41 Å². The number of alkyl halides is 1. The van der Waals surface area contributed by atoms with Crippen molar-refractivity contribution < 1.29 is 0 Å². The fourth-order valence-corrected chi connectivity index (χ4v) is 2.42. The highest BCUT2D eigenvalue weighted by Crippen LogP contribution is 2.30. The Hall–Kier alpha value is -0.490. The number of aryl methyl sites for hydroxylation is 2. The van der Waals surface area contributed by atoms with Gasteiger partial charge >= 0.3 is 0 Å². The number of benzene rings is 1. The monoisotopic (exact) mass is 210 g/mol. The Labute approximate surface area is 92.3 Å². The molecule has 14 heavy (non-hydrogen) atoms. The van der Waals surface area contributed by atoms with Crippen molar-refractivity contribution in [1.29, 1.82) is 0 Å². The lowest BCUT2D eigenvalue weighted by Crippen LogP contribution is -2.19. The SMILES string of the molecule is Cc1ccc(C(C)(C)CCCl)c(C)c1. The summed E-state index contributed by atoms with van der Waals surface area (Å²) in [5, 5.41) is 0. The van der Waals surface area contributed by atoms with E-state index >= 15 is 0 Å². The van der Waals surface area contributed by atoms with Gasteiger partial charge in [-0.3, -0.25) is 0 Å². The first-order valence-corrected chi connectivity index (χ1v) is 5.64. The Bertz CT molecular complexity index is 313. The molecule has 0 aliphatic rings. The van der Waals surface area contributed by atoms with Crippen molar-refractivity contribution in [2.24, 2.45) is 0 Å². The minimum Gasteiger partial charge on any atom is -0.127 e. The third kappa shape index (κ3) is 2.51. The van der Waals surface area contributed by atoms with Crippen molar-refractivity contribution in [1.82, 2.24) is 0 Å². The maximum Gasteiger partial charge on any atom is 0.0231 e. The Morgan fingerprint density at radius 1 is 1.21 bits per heavy atom. The van der Waals surface area contributed by atoms with Gasteiger partial charge in [0.05, 0.1) is 0 Å². The van der Waals surface area contributed by atoms with E-state index in [0.717, 1.165) is 12.3 Å². The van der Waals surface area contributed by atoms with Crippen molar-refractivity contribution in [2.75, 3.05) is 5.88 Å². The van der Waals surface area contributed by atoms with E-state index in [1.165, 1.54) is 16.7 Å². The van der Waals surface area contributed by atoms with Gasteiger partial charge in [0.15, 0.2) is 0 Å². The van der Waals surface area contributed by atoms with Gasteiger partial charge in [0, 0.05) is 5.88 Å². The molecule has 0 aliphatic heterocycles. The predicted octanol–water partition coefficient (Wildman–Crippen LogP) is 4.21. The summed E-state index contributed by atoms with van der Waals surface area (Å²) in [7, 11) is 0. The van der Waals surface area contributed by atoms with Gasteiger partial charge in [-0.25, -0.2) is 0 Å². The average molecular weight is 211 g/mol. The topological polar surface area (TPSA) is 0 Å². The maximum atomic E-state index is 5.82. The molecule has 0 unspecified atom stereocenters. The van der Waals surface area contributed by atoms with Crippen LogP contribution in [0.25, 0.3) is 0 Å². The van der Waals surface area contributed by atoms with Crippen LogP contribution < -0.4 is 0 Å². The van der Waals surface area contributed by atoms with Gasteiger partial charge in [-0.2, -0.15) is 0 Å². The van der Waals surface area contributed by atoms with Crippen LogP contribution in [0.2, 0.25) is 0 Å². The van der Waals surface area contributed by atoms with Gasteiger partial charge in [0.2, 0.25) is 0 Å². The van der Waals surface area contributed by atoms with Crippen LogP contribution in [0.4, 0.5) is 0 Å². The zero-order valence-electron chi connectivity index (χ0n) is 9.52. The van der Waals surface area contributed by atoms with Gasteiger partial charge in [-0.1, -0.05) is 37.6 Å². The van der Waals surface area contributed by atoms with E-state index in [2.05, 4.69) is 45.9 Å². The van der Waals surface area contributed by atoms with E-state index in [1.54, 1.807) is 0 Å². The molecule has 1 rings (SSSR count). The van der Waals surface area contributed by atoms with E-state index in [0.29, 0.717) is 0 Å². The molecule has 0 bridgehead atoms. The molecule has 0 saturated heterocycles. The van der Waals surface area contributed by atoms with Crippen molar-refractivity contribution in [2.45, 2.75) is 39.5 Å². The van der Waals surface area contributed by atoms with E-state index in [-0.39, 0.29) is 5.41 Å². The molecule has 0 heterocycles. The van der Waals surface area contributed by atoms with E-state index in [9.17, 15) is 0 Å². The molecule has 0 radical (unpaired) electrons. The number of hydrogen-bond acceptors (Lipinski definition) is 0. The van der Waals surface area contributed by atoms with Crippen molar-refractivity contribution >= 4 is 11.6 Å². The van der Waals surface area contributed by atoms with Crippen LogP contribution in [-0.4, -0.2) is 5.88 Å². The average Bonchev–Trinajstić information content (AvgIpc) is 2.02. The molecule has 0 saturated carbocycles. The molecular weight excluding hydrogens is 192 g/mol. The molecule has 0 spiro atoms. The van der Waals surface area contributed by atoms with Gasteiger partial charge in [0.25, 0.3) is 0 Å². The fraction of sp³-hybridized carbons (Fsp3) is 0.538. The second kappa shape index (κ2) is 4.35. The smallest absolute Gasteiger partial charge is 0.0231 e. The summed E-state index contributed by atoms with van der Waals surface area (Å²) >= 11 is 5.82. The number of halogens is 1. The summed E-state index contributed by atoms with van der Waals surface area (Å²) < 4.78 is 0. The number of rotatable bonds is 3. The Balaban J connectivity index is 3.06. The molecule has 0 aliphatic carbocycles. The molecular formula is C13H19Cl. The molecule has 0 N–H and O–H groups in total. The largest absolute Gasteiger partial charge is 0.127 e. The second-order valence-electron chi connectivity index (χ2n) is 4.64. The second-order valence-corrected chi connectivity index (χ2v) is 5.02. The Morgan fingerprint density at radius 3 is 2.36 bits per heavy atom. The Kier molecular flexibility index (Phi) is 3.60. The standard InChI is InChI=1S/C13H19Cl/c1-10-5-6-12(11(2)9-10)13(3,4)7-8-14/h5-6,9H,7-8H2,1-4H3. The zero-order chi connectivity index (χ0) is 10.8. The summed E-state index contributed by atoms with van der Waals surface area (Å²) in [6, 6.07) is 6.65. The third-order valence-electron chi connectivity index (χ3n) is 2.83. The van der Waals surface area contributed by atoms with Crippen LogP contribution in [0.15, 0.2) is 18.2 Å². The van der Waals surface area contributed by atoms with Crippen molar-refractivity contribution in [3.05, 3.63) is 34.9 Å². The molecule has 0 nitrogen and oxygen atoms in total. The normalized spacial score (nSPS) is 11.8. The molecule has 0 atom stereocenters. The molecule has 1 aromatic carbocycles. The van der Waals surface area contributed by atoms with Crippen LogP contribution in [0.1, 0.15) is 37.0 Å². The molecule has 1 aromatic rings. The summed E-state index contributed by atoms with van der Waals surface area (Å²) in [5.41, 5.74) is 4.32. The molecule has 0 amide bonds. The lowest BCUT2D eigenvalue weighted by Gasteiger charge is -2.26. The highest BCUT2D eigenvalue weighted by molar-refractivity contribution is 6.17. The molecule has 1 heteroatoms. The third-order valence-corrected chi connectivity index (χ3v) is 3.02. The maximum absolute atomic E-state index is 5.82. The molecule has 0 aromatic heterocycles. The highest BCUT2D eigenvalue weighted by atomic mass is 35.5. The lowest BCUT2D eigenvalue weighted by molar-refractivity contribution is 0.506. The predicted molar refractivity (Wildman–Crippen MR) is 64.3 cm³/mol.